The van der Waals surface area contributed by atoms with Crippen molar-refractivity contribution in [2.75, 3.05) is 31.6 Å². The molecule has 4 nitrogen and oxygen atoms in total. The Balaban J connectivity index is 2.22. The van der Waals surface area contributed by atoms with E-state index in [0.717, 1.165) is 6.42 Å². The summed E-state index contributed by atoms with van der Waals surface area (Å²) in [7, 11) is 0. The van der Waals surface area contributed by atoms with Gasteiger partial charge in [-0.05, 0) is 25.5 Å². The standard InChI is InChI=1S/C14H19FN2O2/c1-2-16-13-11(4-3-5-12(13)15)14(19)17-7-6-10(8-17)9-18/h3-5,10,16,18H,2,6-9H2,1H3. The lowest BCUT2D eigenvalue weighted by atomic mass is 10.1. The highest BCUT2D eigenvalue weighted by atomic mass is 19.1. The lowest BCUT2D eigenvalue weighted by molar-refractivity contribution is 0.0782. The second-order valence-corrected chi connectivity index (χ2v) is 4.78. The number of halogens is 1. The third-order valence-corrected chi connectivity index (χ3v) is 3.43. The molecule has 5 heteroatoms. The van der Waals surface area contributed by atoms with E-state index in [1.54, 1.807) is 17.0 Å². The molecule has 1 aliphatic rings. The van der Waals surface area contributed by atoms with Crippen molar-refractivity contribution < 1.29 is 14.3 Å². The Morgan fingerprint density at radius 2 is 2.37 bits per heavy atom. The number of aliphatic hydroxyl groups is 1. The number of carbonyl (C=O) groups is 1. The van der Waals surface area contributed by atoms with Crippen molar-refractivity contribution in [2.24, 2.45) is 5.92 Å². The maximum atomic E-state index is 13.8. The van der Waals surface area contributed by atoms with Crippen LogP contribution in [0, 0.1) is 11.7 Å². The van der Waals surface area contributed by atoms with E-state index in [4.69, 9.17) is 5.11 Å². The van der Waals surface area contributed by atoms with Gasteiger partial charge in [-0.1, -0.05) is 6.07 Å². The monoisotopic (exact) mass is 266 g/mol. The van der Waals surface area contributed by atoms with Crippen LogP contribution in [0.4, 0.5) is 10.1 Å². The van der Waals surface area contributed by atoms with Crippen LogP contribution in [0.25, 0.3) is 0 Å². The van der Waals surface area contributed by atoms with E-state index in [0.29, 0.717) is 25.2 Å². The van der Waals surface area contributed by atoms with Crippen molar-refractivity contribution in [2.45, 2.75) is 13.3 Å². The number of nitrogens with zero attached hydrogens (tertiary/aromatic N) is 1. The number of nitrogens with one attached hydrogen (secondary N) is 1. The third kappa shape index (κ3) is 2.87. The molecule has 1 unspecified atom stereocenters. The van der Waals surface area contributed by atoms with Gasteiger partial charge in [0.2, 0.25) is 0 Å². The summed E-state index contributed by atoms with van der Waals surface area (Å²) in [6.07, 6.45) is 0.800. The molecular weight excluding hydrogens is 247 g/mol. The minimum Gasteiger partial charge on any atom is -0.396 e. The number of hydrogen-bond donors (Lipinski definition) is 2. The van der Waals surface area contributed by atoms with Gasteiger partial charge < -0.3 is 15.3 Å². The van der Waals surface area contributed by atoms with Crippen molar-refractivity contribution in [3.05, 3.63) is 29.6 Å². The summed E-state index contributed by atoms with van der Waals surface area (Å²) in [5, 5.41) is 12.0. The van der Waals surface area contributed by atoms with Crippen molar-refractivity contribution in [3.8, 4) is 0 Å². The zero-order valence-electron chi connectivity index (χ0n) is 11.0. The Morgan fingerprint density at radius 1 is 1.58 bits per heavy atom. The highest BCUT2D eigenvalue weighted by Gasteiger charge is 2.28. The zero-order chi connectivity index (χ0) is 13.8. The Labute approximate surface area is 112 Å². The van der Waals surface area contributed by atoms with E-state index in [1.807, 2.05) is 6.92 Å². The molecule has 0 aromatic heterocycles. The number of likely N-dealkylation sites (tertiary alicyclic amines) is 1. The fourth-order valence-electron chi connectivity index (χ4n) is 2.40. The largest absolute Gasteiger partial charge is 0.396 e. The Kier molecular flexibility index (Phi) is 4.37. The fraction of sp³-hybridized carbons (Fsp3) is 0.500. The molecule has 104 valence electrons. The van der Waals surface area contributed by atoms with Crippen molar-refractivity contribution >= 4 is 11.6 Å². The summed E-state index contributed by atoms with van der Waals surface area (Å²) >= 11 is 0. The van der Waals surface area contributed by atoms with Crippen LogP contribution in [-0.2, 0) is 0 Å². The van der Waals surface area contributed by atoms with Gasteiger partial charge in [-0.25, -0.2) is 4.39 Å². The molecule has 1 aromatic carbocycles. The molecule has 1 amide bonds. The maximum absolute atomic E-state index is 13.8. The minimum absolute atomic E-state index is 0.0903. The third-order valence-electron chi connectivity index (χ3n) is 3.43. The van der Waals surface area contributed by atoms with Crippen LogP contribution in [0.5, 0.6) is 0 Å². The van der Waals surface area contributed by atoms with Crippen LogP contribution in [0.3, 0.4) is 0 Å². The average Bonchev–Trinajstić information content (AvgIpc) is 2.89. The highest BCUT2D eigenvalue weighted by Crippen LogP contribution is 2.24. The van der Waals surface area contributed by atoms with Gasteiger partial charge in [0, 0.05) is 32.2 Å². The molecule has 19 heavy (non-hydrogen) atoms. The molecule has 1 heterocycles. The van der Waals surface area contributed by atoms with E-state index in [-0.39, 0.29) is 24.1 Å². The van der Waals surface area contributed by atoms with Crippen LogP contribution >= 0.6 is 0 Å². The van der Waals surface area contributed by atoms with Crippen LogP contribution in [0.1, 0.15) is 23.7 Å². The molecule has 0 bridgehead atoms. The predicted octanol–water partition coefficient (Wildman–Crippen LogP) is 1.71. The smallest absolute Gasteiger partial charge is 0.256 e. The second-order valence-electron chi connectivity index (χ2n) is 4.78. The number of anilines is 1. The van der Waals surface area contributed by atoms with Gasteiger partial charge in [-0.2, -0.15) is 0 Å². The van der Waals surface area contributed by atoms with Gasteiger partial charge in [-0.3, -0.25) is 4.79 Å². The van der Waals surface area contributed by atoms with Crippen LogP contribution in [0.15, 0.2) is 18.2 Å². The number of amides is 1. The topological polar surface area (TPSA) is 52.6 Å². The summed E-state index contributed by atoms with van der Waals surface area (Å²) in [5.74, 6) is -0.447. The Hall–Kier alpha value is -1.62. The lowest BCUT2D eigenvalue weighted by Crippen LogP contribution is -2.30. The van der Waals surface area contributed by atoms with Crippen molar-refractivity contribution in [1.29, 1.82) is 0 Å². The summed E-state index contributed by atoms with van der Waals surface area (Å²) in [6.45, 7) is 3.66. The molecule has 0 spiro atoms. The zero-order valence-corrected chi connectivity index (χ0v) is 11.0. The summed E-state index contributed by atoms with van der Waals surface area (Å²) in [5.41, 5.74) is 0.628. The lowest BCUT2D eigenvalue weighted by Gasteiger charge is -2.19. The molecule has 2 N–H and O–H groups in total. The fourth-order valence-corrected chi connectivity index (χ4v) is 2.40. The average molecular weight is 266 g/mol. The highest BCUT2D eigenvalue weighted by molar-refractivity contribution is 5.99. The normalized spacial score (nSPS) is 18.7. The Morgan fingerprint density at radius 3 is 3.00 bits per heavy atom. The van der Waals surface area contributed by atoms with Gasteiger partial charge in [-0.15, -0.1) is 0 Å². The van der Waals surface area contributed by atoms with Crippen LogP contribution < -0.4 is 5.32 Å². The number of rotatable bonds is 4. The van der Waals surface area contributed by atoms with Gasteiger partial charge in [0.1, 0.15) is 5.82 Å². The van der Waals surface area contributed by atoms with Crippen molar-refractivity contribution in [1.82, 2.24) is 4.90 Å². The molecule has 1 aliphatic heterocycles. The maximum Gasteiger partial charge on any atom is 0.256 e. The van der Waals surface area contributed by atoms with Crippen LogP contribution in [-0.4, -0.2) is 42.2 Å². The summed E-state index contributed by atoms with van der Waals surface area (Å²) < 4.78 is 13.8. The van der Waals surface area contributed by atoms with Gasteiger partial charge in [0.15, 0.2) is 0 Å². The molecule has 0 aliphatic carbocycles. The quantitative estimate of drug-likeness (QED) is 0.872. The number of benzene rings is 1. The van der Waals surface area contributed by atoms with E-state index < -0.39 is 5.82 Å². The number of carbonyl (C=O) groups excluding carboxylic acids is 1. The van der Waals surface area contributed by atoms with E-state index >= 15 is 0 Å². The molecule has 1 atom stereocenters. The Bertz CT molecular complexity index is 465. The molecule has 0 saturated carbocycles. The van der Waals surface area contributed by atoms with Crippen LogP contribution in [0.2, 0.25) is 0 Å². The molecule has 1 saturated heterocycles. The number of hydrogen-bond acceptors (Lipinski definition) is 3. The van der Waals surface area contributed by atoms with E-state index in [2.05, 4.69) is 5.32 Å². The molecular formula is C14H19FN2O2. The number of aliphatic hydroxyl groups excluding tert-OH is 1. The molecule has 1 fully saturated rings. The van der Waals surface area contributed by atoms with Gasteiger partial charge >= 0.3 is 0 Å². The number of para-hydroxylation sites is 1. The van der Waals surface area contributed by atoms with E-state index in [9.17, 15) is 9.18 Å². The first kappa shape index (κ1) is 13.8. The summed E-state index contributed by atoms with van der Waals surface area (Å²) in [6, 6.07) is 4.52. The molecule has 2 rings (SSSR count). The summed E-state index contributed by atoms with van der Waals surface area (Å²) in [4.78, 5) is 14.1. The van der Waals surface area contributed by atoms with Crippen molar-refractivity contribution in [3.63, 3.8) is 0 Å². The molecule has 0 radical (unpaired) electrons. The first-order chi connectivity index (χ1) is 9.17. The predicted molar refractivity (Wildman–Crippen MR) is 71.7 cm³/mol. The SMILES string of the molecule is CCNc1c(F)cccc1C(=O)N1CCC(CO)C1. The minimum atomic E-state index is -0.411. The van der Waals surface area contributed by atoms with E-state index in [1.165, 1.54) is 6.07 Å². The van der Waals surface area contributed by atoms with Gasteiger partial charge in [0.25, 0.3) is 5.91 Å². The first-order valence-electron chi connectivity index (χ1n) is 6.59. The van der Waals surface area contributed by atoms with Gasteiger partial charge in [0.05, 0.1) is 11.3 Å². The second kappa shape index (κ2) is 6.02. The molecule has 1 aromatic rings. The first-order valence-corrected chi connectivity index (χ1v) is 6.59.